The maximum absolute atomic E-state index is 12.1. The number of benzene rings is 1. The molecule has 7 heteroatoms. The second kappa shape index (κ2) is 6.64. The Labute approximate surface area is 145 Å². The molecule has 0 bridgehead atoms. The van der Waals surface area contributed by atoms with Crippen LogP contribution in [0.25, 0.3) is 11.4 Å². The van der Waals surface area contributed by atoms with Crippen LogP contribution in [0.15, 0.2) is 39.3 Å². The number of carbonyl (C=O) groups is 1. The molecule has 118 valence electrons. The Morgan fingerprint density at radius 3 is 2.87 bits per heavy atom. The second-order valence-corrected chi connectivity index (χ2v) is 7.30. The molecule has 0 N–H and O–H groups in total. The van der Waals surface area contributed by atoms with Gasteiger partial charge in [-0.1, -0.05) is 33.2 Å². The Morgan fingerprint density at radius 2 is 2.17 bits per heavy atom. The van der Waals surface area contributed by atoms with Crippen molar-refractivity contribution >= 4 is 33.2 Å². The number of aromatic nitrogens is 2. The number of esters is 1. The van der Waals surface area contributed by atoms with E-state index in [2.05, 4.69) is 26.1 Å². The van der Waals surface area contributed by atoms with Crippen LogP contribution in [0.2, 0.25) is 0 Å². The van der Waals surface area contributed by atoms with Crippen molar-refractivity contribution in [2.45, 2.75) is 20.5 Å². The Bertz CT molecular complexity index is 857. The fraction of sp³-hybridized carbons (Fsp3) is 0.188. The SMILES string of the molecule is Cc1cc(C(=O)OCc2nc(-c3cccc(Br)c3)no2)c(C)s1. The number of thiophene rings is 1. The molecule has 5 nitrogen and oxygen atoms in total. The second-order valence-electron chi connectivity index (χ2n) is 4.93. The monoisotopic (exact) mass is 392 g/mol. The molecule has 0 saturated heterocycles. The quantitative estimate of drug-likeness (QED) is 0.609. The minimum Gasteiger partial charge on any atom is -0.452 e. The van der Waals surface area contributed by atoms with Gasteiger partial charge in [-0.05, 0) is 32.0 Å². The molecular weight excluding hydrogens is 380 g/mol. The van der Waals surface area contributed by atoms with E-state index in [1.807, 2.05) is 44.2 Å². The first-order chi connectivity index (χ1) is 11.0. The lowest BCUT2D eigenvalue weighted by Gasteiger charge is -2.00. The summed E-state index contributed by atoms with van der Waals surface area (Å²) in [5.41, 5.74) is 1.41. The number of carbonyl (C=O) groups excluding carboxylic acids is 1. The summed E-state index contributed by atoms with van der Waals surface area (Å²) in [6.07, 6.45) is 0. The van der Waals surface area contributed by atoms with E-state index in [9.17, 15) is 4.79 Å². The maximum Gasteiger partial charge on any atom is 0.339 e. The molecule has 2 heterocycles. The predicted molar refractivity (Wildman–Crippen MR) is 90.3 cm³/mol. The number of rotatable bonds is 4. The molecule has 1 aromatic carbocycles. The standard InChI is InChI=1S/C16H13BrN2O3S/c1-9-6-13(10(2)23-9)16(20)21-8-14-18-15(19-22-14)11-4-3-5-12(17)7-11/h3-7H,8H2,1-2H3. The zero-order valence-corrected chi connectivity index (χ0v) is 14.9. The Morgan fingerprint density at radius 1 is 1.35 bits per heavy atom. The molecular formula is C16H13BrN2O3S. The van der Waals surface area contributed by atoms with Crippen molar-refractivity contribution in [3.05, 3.63) is 56.0 Å². The van der Waals surface area contributed by atoms with Gasteiger partial charge in [0.15, 0.2) is 6.61 Å². The summed E-state index contributed by atoms with van der Waals surface area (Å²) in [5.74, 6) is 0.340. The summed E-state index contributed by atoms with van der Waals surface area (Å²) in [6, 6.07) is 9.39. The van der Waals surface area contributed by atoms with Crippen LogP contribution in [-0.4, -0.2) is 16.1 Å². The molecule has 0 aliphatic heterocycles. The van der Waals surface area contributed by atoms with E-state index in [0.717, 1.165) is 19.8 Å². The van der Waals surface area contributed by atoms with Crippen molar-refractivity contribution in [3.8, 4) is 11.4 Å². The van der Waals surface area contributed by atoms with Crippen molar-refractivity contribution in [3.63, 3.8) is 0 Å². The Balaban J connectivity index is 1.68. The fourth-order valence-electron chi connectivity index (χ4n) is 2.10. The topological polar surface area (TPSA) is 65.2 Å². The van der Waals surface area contributed by atoms with Crippen molar-refractivity contribution in [2.75, 3.05) is 0 Å². The highest BCUT2D eigenvalue weighted by atomic mass is 79.9. The first kappa shape index (κ1) is 15.9. The van der Waals surface area contributed by atoms with Crippen molar-refractivity contribution in [1.29, 1.82) is 0 Å². The number of aryl methyl sites for hydroxylation is 2. The third-order valence-corrected chi connectivity index (χ3v) is 4.60. The van der Waals surface area contributed by atoms with Gasteiger partial charge in [0, 0.05) is 19.8 Å². The first-order valence-electron chi connectivity index (χ1n) is 6.85. The highest BCUT2D eigenvalue weighted by Gasteiger charge is 2.16. The number of hydrogen-bond donors (Lipinski definition) is 0. The molecule has 0 radical (unpaired) electrons. The van der Waals surface area contributed by atoms with E-state index in [4.69, 9.17) is 9.26 Å². The molecule has 0 amide bonds. The van der Waals surface area contributed by atoms with Crippen LogP contribution in [0.4, 0.5) is 0 Å². The summed E-state index contributed by atoms with van der Waals surface area (Å²) < 4.78 is 11.3. The Kier molecular flexibility index (Phi) is 4.58. The van der Waals surface area contributed by atoms with E-state index >= 15 is 0 Å². The third kappa shape index (κ3) is 3.68. The van der Waals surface area contributed by atoms with Gasteiger partial charge >= 0.3 is 5.97 Å². The summed E-state index contributed by atoms with van der Waals surface area (Å²) in [5, 5.41) is 3.90. The molecule has 23 heavy (non-hydrogen) atoms. The molecule has 0 unspecified atom stereocenters. The number of halogens is 1. The van der Waals surface area contributed by atoms with Crippen LogP contribution < -0.4 is 0 Å². The van der Waals surface area contributed by atoms with Crippen LogP contribution in [0.3, 0.4) is 0 Å². The maximum atomic E-state index is 12.1. The van der Waals surface area contributed by atoms with Gasteiger partial charge in [-0.3, -0.25) is 0 Å². The van der Waals surface area contributed by atoms with Crippen LogP contribution in [-0.2, 0) is 11.3 Å². The highest BCUT2D eigenvalue weighted by Crippen LogP contribution is 2.22. The molecule has 0 saturated carbocycles. The average Bonchev–Trinajstić information content (AvgIpc) is 3.11. The van der Waals surface area contributed by atoms with Gasteiger partial charge in [0.05, 0.1) is 5.56 Å². The van der Waals surface area contributed by atoms with Gasteiger partial charge in [0.25, 0.3) is 5.89 Å². The van der Waals surface area contributed by atoms with Gasteiger partial charge in [0.2, 0.25) is 5.82 Å². The van der Waals surface area contributed by atoms with E-state index in [-0.39, 0.29) is 18.5 Å². The largest absolute Gasteiger partial charge is 0.452 e. The summed E-state index contributed by atoms with van der Waals surface area (Å²) >= 11 is 4.96. The molecule has 0 aliphatic carbocycles. The minimum atomic E-state index is -0.381. The van der Waals surface area contributed by atoms with E-state index < -0.39 is 0 Å². The van der Waals surface area contributed by atoms with Gasteiger partial charge in [-0.15, -0.1) is 11.3 Å². The fourth-order valence-corrected chi connectivity index (χ4v) is 3.41. The molecule has 0 atom stereocenters. The lowest BCUT2D eigenvalue weighted by molar-refractivity contribution is 0.0429. The average molecular weight is 393 g/mol. The van der Waals surface area contributed by atoms with E-state index in [1.54, 1.807) is 11.3 Å². The predicted octanol–water partition coefficient (Wildman–Crippen LogP) is 4.53. The third-order valence-electron chi connectivity index (χ3n) is 3.14. The van der Waals surface area contributed by atoms with Crippen LogP contribution in [0.1, 0.15) is 26.0 Å². The molecule has 3 aromatic rings. The van der Waals surface area contributed by atoms with Crippen LogP contribution >= 0.6 is 27.3 Å². The van der Waals surface area contributed by atoms with Gasteiger partial charge in [-0.2, -0.15) is 4.98 Å². The van der Waals surface area contributed by atoms with Crippen LogP contribution in [0, 0.1) is 13.8 Å². The van der Waals surface area contributed by atoms with Crippen molar-refractivity contribution in [2.24, 2.45) is 0 Å². The molecule has 0 aliphatic rings. The summed E-state index contributed by atoms with van der Waals surface area (Å²) in [4.78, 5) is 18.3. The molecule has 0 fully saturated rings. The molecule has 2 aromatic heterocycles. The van der Waals surface area contributed by atoms with E-state index in [1.165, 1.54) is 0 Å². The lowest BCUT2D eigenvalue weighted by atomic mass is 10.2. The van der Waals surface area contributed by atoms with Gasteiger partial charge in [-0.25, -0.2) is 4.79 Å². The van der Waals surface area contributed by atoms with Crippen molar-refractivity contribution in [1.82, 2.24) is 10.1 Å². The van der Waals surface area contributed by atoms with Gasteiger partial charge in [0.1, 0.15) is 0 Å². The number of ether oxygens (including phenoxy) is 1. The molecule has 3 rings (SSSR count). The van der Waals surface area contributed by atoms with Crippen molar-refractivity contribution < 1.29 is 14.1 Å². The smallest absolute Gasteiger partial charge is 0.339 e. The molecule has 0 spiro atoms. The minimum absolute atomic E-state index is 0.0474. The summed E-state index contributed by atoms with van der Waals surface area (Å²) in [6.45, 7) is 3.80. The zero-order chi connectivity index (χ0) is 16.4. The number of nitrogens with zero attached hydrogens (tertiary/aromatic N) is 2. The Hall–Kier alpha value is -1.99. The van der Waals surface area contributed by atoms with E-state index in [0.29, 0.717) is 11.4 Å². The van der Waals surface area contributed by atoms with Gasteiger partial charge < -0.3 is 9.26 Å². The zero-order valence-electron chi connectivity index (χ0n) is 12.5. The highest BCUT2D eigenvalue weighted by molar-refractivity contribution is 9.10. The lowest BCUT2D eigenvalue weighted by Crippen LogP contribution is -2.05. The normalized spacial score (nSPS) is 10.7. The van der Waals surface area contributed by atoms with Crippen LogP contribution in [0.5, 0.6) is 0 Å². The summed E-state index contributed by atoms with van der Waals surface area (Å²) in [7, 11) is 0. The number of hydrogen-bond acceptors (Lipinski definition) is 6. The first-order valence-corrected chi connectivity index (χ1v) is 8.46.